The van der Waals surface area contributed by atoms with Gasteiger partial charge in [-0.15, -0.1) is 0 Å². The first kappa shape index (κ1) is 23.0. The molecule has 1 aliphatic rings. The Labute approximate surface area is 173 Å². The first-order valence-electron chi connectivity index (χ1n) is 9.88. The predicted octanol–water partition coefficient (Wildman–Crippen LogP) is 2.15. The monoisotopic (exact) mass is 425 g/mol. The first-order valence-corrected chi connectivity index (χ1v) is 11.7. The summed E-state index contributed by atoms with van der Waals surface area (Å²) in [4.78, 5) is 27.5. The van der Waals surface area contributed by atoms with E-state index in [9.17, 15) is 18.0 Å². The number of carbonyl (C=O) groups is 2. The summed E-state index contributed by atoms with van der Waals surface area (Å²) in [6.45, 7) is 8.07. The maximum atomic E-state index is 12.5. The van der Waals surface area contributed by atoms with Crippen molar-refractivity contribution in [2.24, 2.45) is 0 Å². The van der Waals surface area contributed by atoms with E-state index in [-0.39, 0.29) is 25.0 Å². The zero-order valence-electron chi connectivity index (χ0n) is 17.7. The average molecular weight is 426 g/mol. The fraction of sp³-hybridized carbons (Fsp3) is 0.600. The van der Waals surface area contributed by atoms with E-state index in [2.05, 4.69) is 0 Å². The summed E-state index contributed by atoms with van der Waals surface area (Å²) in [5, 5.41) is 0. The molecule has 0 spiro atoms. The number of sulfonamides is 1. The van der Waals surface area contributed by atoms with Crippen LogP contribution in [0, 0.1) is 13.8 Å². The molecule has 0 unspecified atom stereocenters. The van der Waals surface area contributed by atoms with E-state index in [4.69, 9.17) is 4.74 Å². The lowest BCUT2D eigenvalue weighted by Crippen LogP contribution is -2.50. The van der Waals surface area contributed by atoms with Crippen LogP contribution in [0.15, 0.2) is 18.2 Å². The maximum absolute atomic E-state index is 12.5. The number of hydrogen-bond donors (Lipinski definition) is 0. The molecular weight excluding hydrogens is 394 g/mol. The molecule has 2 rings (SSSR count). The molecule has 9 heteroatoms. The number of ether oxygens (including phenoxy) is 1. The second-order valence-corrected chi connectivity index (χ2v) is 9.18. The lowest BCUT2D eigenvalue weighted by atomic mass is 10.1. The molecular formula is C20H31N3O5S. The molecule has 1 aromatic carbocycles. The van der Waals surface area contributed by atoms with Crippen LogP contribution < -0.4 is 4.31 Å². The van der Waals surface area contributed by atoms with Crippen LogP contribution >= 0.6 is 0 Å². The summed E-state index contributed by atoms with van der Waals surface area (Å²) in [5.74, 6) is -0.0259. The number of aryl methyl sites for hydroxylation is 2. The second-order valence-electron chi connectivity index (χ2n) is 7.27. The molecule has 1 fully saturated rings. The highest BCUT2D eigenvalue weighted by molar-refractivity contribution is 7.92. The van der Waals surface area contributed by atoms with Gasteiger partial charge in [0.2, 0.25) is 15.9 Å². The molecule has 29 heavy (non-hydrogen) atoms. The van der Waals surface area contributed by atoms with Gasteiger partial charge in [0.05, 0.1) is 18.6 Å². The molecule has 1 aromatic rings. The Morgan fingerprint density at radius 3 is 2.24 bits per heavy atom. The fourth-order valence-corrected chi connectivity index (χ4v) is 4.21. The summed E-state index contributed by atoms with van der Waals surface area (Å²) in [6.07, 6.45) is 1.52. The molecule has 2 amide bonds. The quantitative estimate of drug-likeness (QED) is 0.668. The van der Waals surface area contributed by atoms with Crippen molar-refractivity contribution in [1.82, 2.24) is 9.80 Å². The zero-order chi connectivity index (χ0) is 21.6. The van der Waals surface area contributed by atoms with Crippen molar-refractivity contribution in [3.05, 3.63) is 29.3 Å². The second kappa shape index (κ2) is 9.96. The van der Waals surface area contributed by atoms with Gasteiger partial charge in [0.15, 0.2) is 0 Å². The zero-order valence-corrected chi connectivity index (χ0v) is 18.5. The lowest BCUT2D eigenvalue weighted by Gasteiger charge is -2.34. The van der Waals surface area contributed by atoms with Crippen molar-refractivity contribution in [2.75, 3.05) is 49.9 Å². The van der Waals surface area contributed by atoms with E-state index in [1.54, 1.807) is 22.8 Å². The molecule has 0 N–H and O–H groups in total. The Bertz CT molecular complexity index is 833. The van der Waals surface area contributed by atoms with Crippen molar-refractivity contribution >= 4 is 27.7 Å². The third kappa shape index (κ3) is 6.35. The highest BCUT2D eigenvalue weighted by Crippen LogP contribution is 2.22. The molecule has 1 aliphatic heterocycles. The molecule has 1 heterocycles. The highest BCUT2D eigenvalue weighted by Gasteiger charge is 2.25. The summed E-state index contributed by atoms with van der Waals surface area (Å²) in [5.41, 5.74) is 2.73. The van der Waals surface area contributed by atoms with Crippen LogP contribution in [0.2, 0.25) is 0 Å². The smallest absolute Gasteiger partial charge is 0.409 e. The van der Waals surface area contributed by atoms with Crippen molar-refractivity contribution in [1.29, 1.82) is 0 Å². The number of hydrogen-bond acceptors (Lipinski definition) is 5. The fourth-order valence-electron chi connectivity index (χ4n) is 3.25. The van der Waals surface area contributed by atoms with Gasteiger partial charge in [0.1, 0.15) is 0 Å². The van der Waals surface area contributed by atoms with Crippen LogP contribution in [0.3, 0.4) is 0 Å². The number of amides is 2. The predicted molar refractivity (Wildman–Crippen MR) is 113 cm³/mol. The summed E-state index contributed by atoms with van der Waals surface area (Å²) < 4.78 is 30.8. The standard InChI is InChI=1S/C20H31N3O5S/c1-5-28-20(25)22-13-11-21(12-14-22)19(24)7-6-10-23(29(4,26)27)18-9-8-16(2)17(3)15-18/h8-9,15H,5-7,10-14H2,1-4H3. The van der Waals surface area contributed by atoms with Crippen LogP contribution in [-0.4, -0.2) is 75.8 Å². The van der Waals surface area contributed by atoms with Crippen LogP contribution in [0.25, 0.3) is 0 Å². The molecule has 1 saturated heterocycles. The number of anilines is 1. The van der Waals surface area contributed by atoms with Gasteiger partial charge in [-0.3, -0.25) is 9.10 Å². The van der Waals surface area contributed by atoms with Crippen LogP contribution in [0.1, 0.15) is 30.9 Å². The van der Waals surface area contributed by atoms with Gasteiger partial charge in [-0.25, -0.2) is 13.2 Å². The van der Waals surface area contributed by atoms with Gasteiger partial charge >= 0.3 is 6.09 Å². The Kier molecular flexibility index (Phi) is 7.89. The van der Waals surface area contributed by atoms with Crippen LogP contribution in [0.5, 0.6) is 0 Å². The minimum atomic E-state index is -3.44. The van der Waals surface area contributed by atoms with Crippen molar-refractivity contribution in [2.45, 2.75) is 33.6 Å². The van der Waals surface area contributed by atoms with E-state index >= 15 is 0 Å². The minimum absolute atomic E-state index is 0.0259. The third-order valence-corrected chi connectivity index (χ3v) is 6.28. The van der Waals surface area contributed by atoms with Crippen molar-refractivity contribution in [3.63, 3.8) is 0 Å². The Hall–Kier alpha value is -2.29. The van der Waals surface area contributed by atoms with Gasteiger partial charge in [-0.2, -0.15) is 0 Å². The highest BCUT2D eigenvalue weighted by atomic mass is 32.2. The lowest BCUT2D eigenvalue weighted by molar-refractivity contribution is -0.132. The molecule has 162 valence electrons. The Balaban J connectivity index is 1.89. The van der Waals surface area contributed by atoms with E-state index in [0.29, 0.717) is 44.9 Å². The van der Waals surface area contributed by atoms with Gasteiger partial charge in [0.25, 0.3) is 0 Å². The Morgan fingerprint density at radius 2 is 1.69 bits per heavy atom. The average Bonchev–Trinajstić information content (AvgIpc) is 2.67. The number of nitrogens with zero attached hydrogens (tertiary/aromatic N) is 3. The molecule has 0 saturated carbocycles. The minimum Gasteiger partial charge on any atom is -0.450 e. The van der Waals surface area contributed by atoms with Gasteiger partial charge in [0, 0.05) is 39.1 Å². The van der Waals surface area contributed by atoms with Gasteiger partial charge in [-0.05, 0) is 50.5 Å². The van der Waals surface area contributed by atoms with Gasteiger partial charge in [-0.1, -0.05) is 6.07 Å². The normalized spacial score (nSPS) is 14.6. The molecule has 0 aromatic heterocycles. The van der Waals surface area contributed by atoms with Crippen molar-refractivity contribution in [3.8, 4) is 0 Å². The number of benzene rings is 1. The van der Waals surface area contributed by atoms with E-state index in [0.717, 1.165) is 11.1 Å². The molecule has 8 nitrogen and oxygen atoms in total. The molecule has 0 atom stereocenters. The first-order chi connectivity index (χ1) is 13.6. The summed E-state index contributed by atoms with van der Waals surface area (Å²) in [6, 6.07) is 5.55. The van der Waals surface area contributed by atoms with E-state index in [1.165, 1.54) is 10.6 Å². The summed E-state index contributed by atoms with van der Waals surface area (Å²) in [7, 11) is -3.44. The van der Waals surface area contributed by atoms with Crippen molar-refractivity contribution < 1.29 is 22.7 Å². The third-order valence-electron chi connectivity index (χ3n) is 5.09. The van der Waals surface area contributed by atoms with Gasteiger partial charge < -0.3 is 14.5 Å². The Morgan fingerprint density at radius 1 is 1.07 bits per heavy atom. The number of rotatable bonds is 7. The molecule has 0 radical (unpaired) electrons. The van der Waals surface area contributed by atoms with Crippen LogP contribution in [0.4, 0.5) is 10.5 Å². The SMILES string of the molecule is CCOC(=O)N1CCN(C(=O)CCCN(c2ccc(C)c(C)c2)S(C)(=O)=O)CC1. The summed E-state index contributed by atoms with van der Waals surface area (Å²) >= 11 is 0. The molecule has 0 aliphatic carbocycles. The molecule has 0 bridgehead atoms. The largest absolute Gasteiger partial charge is 0.450 e. The van der Waals surface area contributed by atoms with Crippen LogP contribution in [-0.2, 0) is 19.6 Å². The number of carbonyl (C=O) groups excluding carboxylic acids is 2. The van der Waals surface area contributed by atoms with E-state index in [1.807, 2.05) is 26.0 Å². The topological polar surface area (TPSA) is 87.2 Å². The maximum Gasteiger partial charge on any atom is 0.409 e. The number of piperazine rings is 1. The van der Waals surface area contributed by atoms with E-state index < -0.39 is 10.0 Å².